The van der Waals surface area contributed by atoms with Gasteiger partial charge in [-0.05, 0) is 12.6 Å². The van der Waals surface area contributed by atoms with Crippen molar-refractivity contribution in [3.05, 3.63) is 34.1 Å². The minimum absolute atomic E-state index is 0.0831. The first-order valence-electron chi connectivity index (χ1n) is 4.97. The monoisotopic (exact) mass is 243 g/mol. The Labute approximate surface area is 93.7 Å². The molecule has 1 aromatic carbocycles. The van der Waals surface area contributed by atoms with Crippen LogP contribution < -0.4 is 4.74 Å². The molecule has 0 aliphatic carbocycles. The second kappa shape index (κ2) is 4.74. The van der Waals surface area contributed by atoms with E-state index in [4.69, 9.17) is 4.74 Å². The normalized spacial score (nSPS) is 21.2. The van der Waals surface area contributed by atoms with Gasteiger partial charge in [-0.3, -0.25) is 10.1 Å². The van der Waals surface area contributed by atoms with Gasteiger partial charge in [-0.1, -0.05) is 0 Å². The van der Waals surface area contributed by atoms with Gasteiger partial charge in [0, 0.05) is 12.2 Å². The third-order valence-electron chi connectivity index (χ3n) is 2.38. The Morgan fingerprint density at radius 1 is 1.50 bits per heavy atom. The van der Waals surface area contributed by atoms with Gasteiger partial charge in [-0.25, -0.2) is 4.39 Å². The molecule has 1 unspecified atom stereocenters. The number of halogens is 1. The number of ether oxygens (including phenoxy) is 1. The first kappa shape index (κ1) is 11.3. The molecule has 2 rings (SSSR count). The highest BCUT2D eigenvalue weighted by atomic mass is 31.1. The maximum atomic E-state index is 13.1. The van der Waals surface area contributed by atoms with Gasteiger partial charge < -0.3 is 4.74 Å². The summed E-state index contributed by atoms with van der Waals surface area (Å²) in [5.41, 5.74) is -0.268. The van der Waals surface area contributed by atoms with Gasteiger partial charge in [0.1, 0.15) is 17.7 Å². The van der Waals surface area contributed by atoms with E-state index in [1.54, 1.807) is 0 Å². The third-order valence-corrected chi connectivity index (χ3v) is 3.77. The molecule has 0 amide bonds. The summed E-state index contributed by atoms with van der Waals surface area (Å²) in [6.45, 7) is 0. The molecule has 1 heterocycles. The number of rotatable bonds is 3. The van der Waals surface area contributed by atoms with Gasteiger partial charge in [0.25, 0.3) is 5.69 Å². The Morgan fingerprint density at radius 2 is 2.31 bits per heavy atom. The van der Waals surface area contributed by atoms with Crippen LogP contribution in [-0.2, 0) is 0 Å². The number of hydrogen-bond acceptors (Lipinski definition) is 3. The van der Waals surface area contributed by atoms with Crippen molar-refractivity contribution in [3.8, 4) is 5.75 Å². The lowest BCUT2D eigenvalue weighted by atomic mass is 10.2. The molecule has 1 aliphatic heterocycles. The SMILES string of the molecule is O=[N+]([O-])c1cc(F)cc(O[C@@H]2CCPC2)c1. The molecule has 4 nitrogen and oxygen atoms in total. The van der Waals surface area contributed by atoms with Gasteiger partial charge in [0.2, 0.25) is 0 Å². The lowest BCUT2D eigenvalue weighted by Crippen LogP contribution is -2.14. The molecule has 16 heavy (non-hydrogen) atoms. The zero-order chi connectivity index (χ0) is 11.5. The van der Waals surface area contributed by atoms with E-state index in [-0.39, 0.29) is 17.5 Å². The predicted octanol–water partition coefficient (Wildman–Crippen LogP) is 2.56. The van der Waals surface area contributed by atoms with E-state index in [1.165, 1.54) is 12.1 Å². The standard InChI is InChI=1S/C10H11FNO3P/c11-7-3-8(12(13)14)5-10(4-7)15-9-1-2-16-6-9/h3-5,9,16H,1-2,6H2/t9-/m1/s1. The van der Waals surface area contributed by atoms with Crippen molar-refractivity contribution in [3.63, 3.8) is 0 Å². The molecule has 6 heteroatoms. The zero-order valence-electron chi connectivity index (χ0n) is 8.48. The van der Waals surface area contributed by atoms with Gasteiger partial charge >= 0.3 is 0 Å². The van der Waals surface area contributed by atoms with Crippen molar-refractivity contribution < 1.29 is 14.1 Å². The largest absolute Gasteiger partial charge is 0.490 e. The lowest BCUT2D eigenvalue weighted by Gasteiger charge is -2.12. The van der Waals surface area contributed by atoms with Crippen LogP contribution in [0.15, 0.2) is 18.2 Å². The molecule has 0 N–H and O–H groups in total. The first-order chi connectivity index (χ1) is 7.65. The molecule has 1 fully saturated rings. The fourth-order valence-electron chi connectivity index (χ4n) is 1.64. The van der Waals surface area contributed by atoms with E-state index in [1.807, 2.05) is 0 Å². The predicted molar refractivity (Wildman–Crippen MR) is 60.1 cm³/mol. The van der Waals surface area contributed by atoms with E-state index < -0.39 is 10.7 Å². The van der Waals surface area contributed by atoms with Crippen molar-refractivity contribution in [2.45, 2.75) is 12.5 Å². The first-order valence-corrected chi connectivity index (χ1v) is 6.39. The summed E-state index contributed by atoms with van der Waals surface area (Å²) in [5.74, 6) is -0.381. The molecular formula is C10H11FNO3P. The summed E-state index contributed by atoms with van der Waals surface area (Å²) in [5, 5.41) is 10.5. The minimum Gasteiger partial charge on any atom is -0.490 e. The van der Waals surface area contributed by atoms with Crippen molar-refractivity contribution in [1.29, 1.82) is 0 Å². The van der Waals surface area contributed by atoms with Crippen LogP contribution in [0.25, 0.3) is 0 Å². The number of nitro benzene ring substituents is 1. The molecule has 0 spiro atoms. The molecule has 0 aromatic heterocycles. The van der Waals surface area contributed by atoms with Crippen molar-refractivity contribution in [1.82, 2.24) is 0 Å². The highest BCUT2D eigenvalue weighted by Crippen LogP contribution is 2.29. The molecule has 86 valence electrons. The number of nitro groups is 1. The smallest absolute Gasteiger partial charge is 0.276 e. The Bertz CT molecular complexity index is 407. The fraction of sp³-hybridized carbons (Fsp3) is 0.400. The van der Waals surface area contributed by atoms with E-state index in [9.17, 15) is 14.5 Å². The summed E-state index contributed by atoms with van der Waals surface area (Å²) < 4.78 is 18.6. The van der Waals surface area contributed by atoms with E-state index >= 15 is 0 Å². The molecule has 0 radical (unpaired) electrons. The van der Waals surface area contributed by atoms with Gasteiger partial charge in [-0.2, -0.15) is 0 Å². The topological polar surface area (TPSA) is 52.4 Å². The van der Waals surface area contributed by atoms with Gasteiger partial charge in [0.05, 0.1) is 17.1 Å². The summed E-state index contributed by atoms with van der Waals surface area (Å²) in [6, 6.07) is 3.35. The van der Waals surface area contributed by atoms with Crippen LogP contribution in [0, 0.1) is 15.9 Å². The van der Waals surface area contributed by atoms with Crippen LogP contribution >= 0.6 is 8.58 Å². The molecule has 1 aromatic rings. The Kier molecular flexibility index (Phi) is 3.34. The second-order valence-corrected chi connectivity index (χ2v) is 5.04. The Morgan fingerprint density at radius 3 is 2.94 bits per heavy atom. The lowest BCUT2D eigenvalue weighted by molar-refractivity contribution is -0.385. The summed E-state index contributed by atoms with van der Waals surface area (Å²) >= 11 is 0. The van der Waals surface area contributed by atoms with Crippen LogP contribution in [0.5, 0.6) is 5.75 Å². The average Bonchev–Trinajstić information content (AvgIpc) is 2.69. The molecule has 0 bridgehead atoms. The van der Waals surface area contributed by atoms with Crippen LogP contribution in [0.3, 0.4) is 0 Å². The molecule has 1 saturated heterocycles. The Hall–Kier alpha value is -1.22. The van der Waals surface area contributed by atoms with Crippen LogP contribution in [0.2, 0.25) is 0 Å². The number of benzene rings is 1. The summed E-state index contributed by atoms with van der Waals surface area (Å²) in [4.78, 5) is 9.91. The highest BCUT2D eigenvalue weighted by molar-refractivity contribution is 7.38. The maximum Gasteiger partial charge on any atom is 0.276 e. The quantitative estimate of drug-likeness (QED) is 0.465. The number of nitrogens with zero attached hydrogens (tertiary/aromatic N) is 1. The molecule has 2 atom stereocenters. The minimum atomic E-state index is -0.635. The van der Waals surface area contributed by atoms with Crippen LogP contribution in [0.1, 0.15) is 6.42 Å². The third kappa shape index (κ3) is 2.67. The molecular weight excluding hydrogens is 232 g/mol. The second-order valence-electron chi connectivity index (χ2n) is 3.63. The van der Waals surface area contributed by atoms with E-state index in [0.29, 0.717) is 0 Å². The summed E-state index contributed by atoms with van der Waals surface area (Å²) in [7, 11) is 0.878. The fourth-order valence-corrected chi connectivity index (χ4v) is 2.98. The van der Waals surface area contributed by atoms with Crippen molar-refractivity contribution in [2.24, 2.45) is 0 Å². The van der Waals surface area contributed by atoms with Crippen LogP contribution in [-0.4, -0.2) is 23.4 Å². The summed E-state index contributed by atoms with van der Waals surface area (Å²) in [6.07, 6.45) is 3.12. The van der Waals surface area contributed by atoms with Gasteiger partial charge in [0.15, 0.2) is 0 Å². The zero-order valence-corrected chi connectivity index (χ0v) is 9.48. The highest BCUT2D eigenvalue weighted by Gasteiger charge is 2.18. The Balaban J connectivity index is 2.16. The van der Waals surface area contributed by atoms with Gasteiger partial charge in [-0.15, -0.1) is 8.58 Å². The van der Waals surface area contributed by atoms with E-state index in [0.717, 1.165) is 33.4 Å². The molecule has 1 aliphatic rings. The average molecular weight is 243 g/mol. The molecule has 0 saturated carbocycles. The number of non-ortho nitro benzene ring substituents is 1. The number of hydrogen-bond donors (Lipinski definition) is 0. The van der Waals surface area contributed by atoms with Crippen LogP contribution in [0.4, 0.5) is 10.1 Å². The van der Waals surface area contributed by atoms with E-state index in [2.05, 4.69) is 0 Å². The van der Waals surface area contributed by atoms with Crippen molar-refractivity contribution in [2.75, 3.05) is 12.3 Å². The van der Waals surface area contributed by atoms with Crippen molar-refractivity contribution >= 4 is 14.3 Å². The maximum absolute atomic E-state index is 13.1.